The molecule has 0 aliphatic rings. The molecule has 0 atom stereocenters. The van der Waals surface area contributed by atoms with Crippen LogP contribution in [0.15, 0.2) is 18.2 Å². The Hall–Kier alpha value is -1.43. The van der Waals surface area contributed by atoms with E-state index in [9.17, 15) is 18.9 Å². The number of hydrogen-bond donors (Lipinski definition) is 1. The Balaban J connectivity index is 3.28. The van der Waals surface area contributed by atoms with Gasteiger partial charge in [-0.2, -0.15) is 12.6 Å². The Labute approximate surface area is 90.0 Å². The summed E-state index contributed by atoms with van der Waals surface area (Å²) in [5, 5.41) is 10.5. The molecule has 0 radical (unpaired) electrons. The molecule has 0 heterocycles. The smallest absolute Gasteiger partial charge is 0.258 e. The van der Waals surface area contributed by atoms with Gasteiger partial charge in [-0.1, -0.05) is 12.2 Å². The maximum absolute atomic E-state index is 12.8. The third-order valence-corrected chi connectivity index (χ3v) is 1.88. The minimum absolute atomic E-state index is 0.0213. The van der Waals surface area contributed by atoms with Crippen LogP contribution in [0, 0.1) is 21.7 Å². The van der Waals surface area contributed by atoms with Crippen molar-refractivity contribution in [3.8, 4) is 0 Å². The third-order valence-electron chi connectivity index (χ3n) is 1.67. The molecule has 80 valence electrons. The van der Waals surface area contributed by atoms with Gasteiger partial charge in [-0.15, -0.1) is 0 Å². The molecule has 1 aromatic rings. The van der Waals surface area contributed by atoms with Crippen LogP contribution in [0.3, 0.4) is 0 Å². The monoisotopic (exact) mass is 231 g/mol. The second-order valence-corrected chi connectivity index (χ2v) is 3.03. The molecule has 0 aromatic heterocycles. The Morgan fingerprint density at radius 1 is 1.40 bits per heavy atom. The zero-order valence-electron chi connectivity index (χ0n) is 7.48. The van der Waals surface area contributed by atoms with Crippen LogP contribution in [0.25, 0.3) is 6.08 Å². The highest BCUT2D eigenvalue weighted by Gasteiger charge is 2.16. The van der Waals surface area contributed by atoms with Crippen LogP contribution in [-0.2, 0) is 0 Å². The van der Waals surface area contributed by atoms with E-state index in [2.05, 4.69) is 12.6 Å². The van der Waals surface area contributed by atoms with Crippen molar-refractivity contribution in [2.45, 2.75) is 0 Å². The average Bonchev–Trinajstić information content (AvgIpc) is 2.19. The number of hydrogen-bond acceptors (Lipinski definition) is 3. The van der Waals surface area contributed by atoms with Gasteiger partial charge < -0.3 is 0 Å². The van der Waals surface area contributed by atoms with Crippen LogP contribution in [-0.4, -0.2) is 10.7 Å². The standard InChI is InChI=1S/C9H7F2NO2S/c10-7-4-6(2-1-3-15)9(12(13)14)5-8(7)11/h1-2,4-5,15H,3H2. The maximum atomic E-state index is 12.8. The van der Waals surface area contributed by atoms with E-state index in [0.717, 1.165) is 6.07 Å². The SMILES string of the molecule is O=[N+]([O-])c1cc(F)c(F)cc1C=CCS. The minimum atomic E-state index is -1.23. The molecule has 0 bridgehead atoms. The van der Waals surface area contributed by atoms with Gasteiger partial charge in [0.15, 0.2) is 11.6 Å². The summed E-state index contributed by atoms with van der Waals surface area (Å²) in [5.41, 5.74) is -0.445. The Kier molecular flexibility index (Phi) is 3.79. The van der Waals surface area contributed by atoms with Gasteiger partial charge in [0.2, 0.25) is 0 Å². The van der Waals surface area contributed by atoms with Gasteiger partial charge in [0.05, 0.1) is 16.6 Å². The molecular weight excluding hydrogens is 224 g/mol. The van der Waals surface area contributed by atoms with Crippen molar-refractivity contribution in [3.05, 3.63) is 45.5 Å². The lowest BCUT2D eigenvalue weighted by atomic mass is 10.1. The van der Waals surface area contributed by atoms with Gasteiger partial charge in [-0.05, 0) is 6.07 Å². The molecule has 0 aliphatic heterocycles. The van der Waals surface area contributed by atoms with E-state index in [1.54, 1.807) is 0 Å². The van der Waals surface area contributed by atoms with Gasteiger partial charge in [-0.3, -0.25) is 10.1 Å². The zero-order valence-corrected chi connectivity index (χ0v) is 8.38. The van der Waals surface area contributed by atoms with E-state index >= 15 is 0 Å². The summed E-state index contributed by atoms with van der Waals surface area (Å²) in [5.74, 6) is -1.99. The molecule has 3 nitrogen and oxygen atoms in total. The fourth-order valence-corrected chi connectivity index (χ4v) is 1.13. The second-order valence-electron chi connectivity index (χ2n) is 2.67. The van der Waals surface area contributed by atoms with E-state index in [1.807, 2.05) is 0 Å². The number of nitro groups is 1. The van der Waals surface area contributed by atoms with Crippen molar-refractivity contribution in [1.29, 1.82) is 0 Å². The van der Waals surface area contributed by atoms with E-state index < -0.39 is 22.2 Å². The number of benzene rings is 1. The second kappa shape index (κ2) is 4.88. The van der Waals surface area contributed by atoms with Crippen LogP contribution in [0.1, 0.15) is 5.56 Å². The summed E-state index contributed by atoms with van der Waals surface area (Å²) >= 11 is 3.86. The third kappa shape index (κ3) is 2.76. The molecule has 0 spiro atoms. The molecule has 0 N–H and O–H groups in total. The first-order valence-corrected chi connectivity index (χ1v) is 4.60. The summed E-state index contributed by atoms with van der Waals surface area (Å²) in [6, 6.07) is 1.35. The molecule has 0 saturated carbocycles. The normalized spacial score (nSPS) is 10.9. The van der Waals surface area contributed by atoms with Crippen molar-refractivity contribution >= 4 is 24.4 Å². The van der Waals surface area contributed by atoms with E-state index in [0.29, 0.717) is 11.8 Å². The average molecular weight is 231 g/mol. The van der Waals surface area contributed by atoms with Gasteiger partial charge in [-0.25, -0.2) is 8.78 Å². The highest BCUT2D eigenvalue weighted by Crippen LogP contribution is 2.23. The molecule has 0 unspecified atom stereocenters. The van der Waals surface area contributed by atoms with Gasteiger partial charge in [0.1, 0.15) is 0 Å². The number of halogens is 2. The highest BCUT2D eigenvalue weighted by atomic mass is 32.1. The quantitative estimate of drug-likeness (QED) is 0.494. The van der Waals surface area contributed by atoms with Crippen molar-refractivity contribution in [1.82, 2.24) is 0 Å². The van der Waals surface area contributed by atoms with E-state index in [-0.39, 0.29) is 5.56 Å². The molecule has 0 saturated heterocycles. The number of nitro benzene ring substituents is 1. The van der Waals surface area contributed by atoms with E-state index in [1.165, 1.54) is 12.2 Å². The predicted octanol–water partition coefficient (Wildman–Crippen LogP) is 2.82. The number of thiol groups is 1. The Bertz CT molecular complexity index is 421. The summed E-state index contributed by atoms with van der Waals surface area (Å²) < 4.78 is 25.5. The Morgan fingerprint density at radius 3 is 2.53 bits per heavy atom. The first kappa shape index (κ1) is 11.6. The molecule has 1 rings (SSSR count). The predicted molar refractivity (Wildman–Crippen MR) is 55.9 cm³/mol. The minimum Gasteiger partial charge on any atom is -0.258 e. The van der Waals surface area contributed by atoms with Crippen LogP contribution in [0.2, 0.25) is 0 Å². The lowest BCUT2D eigenvalue weighted by Gasteiger charge is -1.98. The summed E-state index contributed by atoms with van der Waals surface area (Å²) in [6.07, 6.45) is 2.83. The van der Waals surface area contributed by atoms with Crippen LogP contribution < -0.4 is 0 Å². The van der Waals surface area contributed by atoms with Crippen LogP contribution in [0.5, 0.6) is 0 Å². The first-order chi connectivity index (χ1) is 7.06. The van der Waals surface area contributed by atoms with Crippen molar-refractivity contribution < 1.29 is 13.7 Å². The van der Waals surface area contributed by atoms with Crippen LogP contribution in [0.4, 0.5) is 14.5 Å². The first-order valence-electron chi connectivity index (χ1n) is 3.97. The van der Waals surface area contributed by atoms with Crippen molar-refractivity contribution in [2.24, 2.45) is 0 Å². The lowest BCUT2D eigenvalue weighted by molar-refractivity contribution is -0.385. The van der Waals surface area contributed by atoms with Gasteiger partial charge in [0.25, 0.3) is 5.69 Å². The number of nitrogens with zero attached hydrogens (tertiary/aromatic N) is 1. The molecule has 0 amide bonds. The summed E-state index contributed by atoms with van der Waals surface area (Å²) in [4.78, 5) is 9.75. The highest BCUT2D eigenvalue weighted by molar-refractivity contribution is 7.80. The molecular formula is C9H7F2NO2S. The van der Waals surface area contributed by atoms with Gasteiger partial charge in [0, 0.05) is 5.75 Å². The largest absolute Gasteiger partial charge is 0.279 e. The molecule has 1 aromatic carbocycles. The zero-order chi connectivity index (χ0) is 11.4. The molecule has 15 heavy (non-hydrogen) atoms. The molecule has 0 fully saturated rings. The van der Waals surface area contributed by atoms with Gasteiger partial charge >= 0.3 is 0 Å². The van der Waals surface area contributed by atoms with Crippen molar-refractivity contribution in [3.63, 3.8) is 0 Å². The van der Waals surface area contributed by atoms with Crippen molar-refractivity contribution in [2.75, 3.05) is 5.75 Å². The lowest BCUT2D eigenvalue weighted by Crippen LogP contribution is -1.95. The topological polar surface area (TPSA) is 43.1 Å². The number of rotatable bonds is 3. The Morgan fingerprint density at radius 2 is 2.00 bits per heavy atom. The fraction of sp³-hybridized carbons (Fsp3) is 0.111. The summed E-state index contributed by atoms with van der Waals surface area (Å²) in [7, 11) is 0. The fourth-order valence-electron chi connectivity index (χ4n) is 1.02. The molecule has 0 aliphatic carbocycles. The maximum Gasteiger partial charge on any atom is 0.279 e. The van der Waals surface area contributed by atoms with Crippen LogP contribution >= 0.6 is 12.6 Å². The van der Waals surface area contributed by atoms with E-state index in [4.69, 9.17) is 0 Å². The summed E-state index contributed by atoms with van der Waals surface area (Å²) in [6.45, 7) is 0. The molecule has 6 heteroatoms.